The van der Waals surface area contributed by atoms with E-state index in [1.54, 1.807) is 4.90 Å². The van der Waals surface area contributed by atoms with Gasteiger partial charge in [-0.3, -0.25) is 4.79 Å². The maximum Gasteiger partial charge on any atom is 0.248 e. The number of amides is 1. The van der Waals surface area contributed by atoms with Gasteiger partial charge in [0, 0.05) is 20.1 Å². The van der Waals surface area contributed by atoms with E-state index < -0.39 is 0 Å². The van der Waals surface area contributed by atoms with Gasteiger partial charge in [-0.1, -0.05) is 65.3 Å². The molecule has 136 valence electrons. The van der Waals surface area contributed by atoms with E-state index in [0.29, 0.717) is 19.5 Å². The Kier molecular flexibility index (Phi) is 6.02. The molecule has 1 aliphatic heterocycles. The number of carbonyl (C=O) groups excluding carboxylic acids is 1. The van der Waals surface area contributed by atoms with Crippen LogP contribution >= 0.6 is 0 Å². The van der Waals surface area contributed by atoms with E-state index in [1.807, 2.05) is 30.3 Å². The van der Waals surface area contributed by atoms with Gasteiger partial charge in [-0.05, 0) is 18.1 Å². The monoisotopic (exact) mass is 352 g/mol. The minimum atomic E-state index is -0.143. The molecule has 26 heavy (non-hydrogen) atoms. The molecule has 0 saturated carbocycles. The highest BCUT2D eigenvalue weighted by molar-refractivity contribution is 6.01. The highest BCUT2D eigenvalue weighted by Gasteiger charge is 2.26. The molecule has 0 aromatic heterocycles. The normalized spacial score (nSPS) is 16.1. The van der Waals surface area contributed by atoms with Gasteiger partial charge in [-0.2, -0.15) is 0 Å². The second-order valence-electron chi connectivity index (χ2n) is 6.53. The quantitative estimate of drug-likeness (QED) is 0.769. The van der Waals surface area contributed by atoms with Gasteiger partial charge >= 0.3 is 0 Å². The summed E-state index contributed by atoms with van der Waals surface area (Å²) in [5, 5.41) is 4.23. The molecule has 2 aromatic carbocycles. The molecule has 0 fully saturated rings. The van der Waals surface area contributed by atoms with Crippen molar-refractivity contribution in [1.82, 2.24) is 4.90 Å². The molecule has 0 unspecified atom stereocenters. The van der Waals surface area contributed by atoms with Crippen LogP contribution in [0.1, 0.15) is 23.1 Å². The van der Waals surface area contributed by atoms with Gasteiger partial charge in [-0.15, -0.1) is 0 Å². The van der Waals surface area contributed by atoms with Crippen LogP contribution in [0.3, 0.4) is 0 Å². The lowest BCUT2D eigenvalue weighted by molar-refractivity contribution is -0.137. The van der Waals surface area contributed by atoms with E-state index in [0.717, 1.165) is 16.8 Å². The van der Waals surface area contributed by atoms with Crippen LogP contribution in [0.25, 0.3) is 0 Å². The fraction of sp³-hybridized carbons (Fsp3) is 0.333. The van der Waals surface area contributed by atoms with Crippen LogP contribution in [0.4, 0.5) is 0 Å². The Hall–Kier alpha value is -2.66. The molecule has 0 aliphatic carbocycles. The van der Waals surface area contributed by atoms with Crippen molar-refractivity contribution >= 4 is 11.6 Å². The lowest BCUT2D eigenvalue weighted by Gasteiger charge is -2.24. The van der Waals surface area contributed by atoms with Gasteiger partial charge in [-0.25, -0.2) is 0 Å². The summed E-state index contributed by atoms with van der Waals surface area (Å²) in [7, 11) is 1.53. The third-order valence-corrected chi connectivity index (χ3v) is 4.38. The Morgan fingerprint density at radius 2 is 1.92 bits per heavy atom. The first-order valence-corrected chi connectivity index (χ1v) is 8.76. The highest BCUT2D eigenvalue weighted by atomic mass is 16.6. The molecule has 3 rings (SSSR count). The Morgan fingerprint density at radius 3 is 2.62 bits per heavy atom. The second kappa shape index (κ2) is 8.63. The number of oxime groups is 1. The second-order valence-corrected chi connectivity index (χ2v) is 6.53. The first-order valence-electron chi connectivity index (χ1n) is 8.76. The minimum Gasteiger partial charge on any atom is -0.390 e. The van der Waals surface area contributed by atoms with Crippen molar-refractivity contribution in [1.29, 1.82) is 0 Å². The zero-order valence-electron chi connectivity index (χ0n) is 15.2. The Morgan fingerprint density at radius 1 is 1.19 bits per heavy atom. The number of methoxy groups -OCH3 is 1. The lowest BCUT2D eigenvalue weighted by atomic mass is 10.0. The topological polar surface area (TPSA) is 51.1 Å². The molecule has 5 nitrogen and oxygen atoms in total. The van der Waals surface area contributed by atoms with Crippen LogP contribution in [0.5, 0.6) is 0 Å². The third kappa shape index (κ3) is 4.70. The van der Waals surface area contributed by atoms with Gasteiger partial charge < -0.3 is 14.5 Å². The Labute approximate surface area is 154 Å². The molecule has 2 aromatic rings. The summed E-state index contributed by atoms with van der Waals surface area (Å²) in [6.45, 7) is 3.13. The Balaban J connectivity index is 1.64. The van der Waals surface area contributed by atoms with Crippen LogP contribution < -0.4 is 0 Å². The molecule has 1 atom stereocenters. The highest BCUT2D eigenvalue weighted by Crippen LogP contribution is 2.19. The largest absolute Gasteiger partial charge is 0.390 e. The third-order valence-electron chi connectivity index (χ3n) is 4.38. The number of aryl methyl sites for hydroxylation is 1. The van der Waals surface area contributed by atoms with Crippen molar-refractivity contribution in [3.05, 3.63) is 71.3 Å². The van der Waals surface area contributed by atoms with Crippen molar-refractivity contribution in [2.45, 2.75) is 26.0 Å². The van der Waals surface area contributed by atoms with E-state index in [9.17, 15) is 4.79 Å². The van der Waals surface area contributed by atoms with Crippen LogP contribution in [0, 0.1) is 6.92 Å². The molecule has 0 spiro atoms. The summed E-state index contributed by atoms with van der Waals surface area (Å²) in [5.74, 6) is -0.0521. The number of rotatable bonds is 7. The number of ether oxygens (including phenoxy) is 1. The van der Waals surface area contributed by atoms with Crippen molar-refractivity contribution < 1.29 is 14.4 Å². The molecule has 5 heteroatoms. The van der Waals surface area contributed by atoms with Gasteiger partial charge in [0.1, 0.15) is 6.61 Å². The molecule has 0 saturated heterocycles. The van der Waals surface area contributed by atoms with Gasteiger partial charge in [0.25, 0.3) is 0 Å². The van der Waals surface area contributed by atoms with Crippen LogP contribution in [-0.2, 0) is 20.9 Å². The molecule has 1 heterocycles. The molecule has 1 aliphatic rings. The summed E-state index contributed by atoms with van der Waals surface area (Å²) >= 11 is 0. The molecular formula is C21H24N2O3. The summed E-state index contributed by atoms with van der Waals surface area (Å²) in [5.41, 5.74) is 4.28. The first kappa shape index (κ1) is 18.1. The van der Waals surface area contributed by atoms with E-state index in [2.05, 4.69) is 36.3 Å². The van der Waals surface area contributed by atoms with Gasteiger partial charge in [0.05, 0.1) is 12.3 Å². The Bertz CT molecular complexity index is 757. The smallest absolute Gasteiger partial charge is 0.248 e. The van der Waals surface area contributed by atoms with E-state index in [4.69, 9.17) is 9.57 Å². The molecular weight excluding hydrogens is 328 g/mol. The van der Waals surface area contributed by atoms with Crippen molar-refractivity contribution in [2.75, 3.05) is 20.3 Å². The molecule has 0 radical (unpaired) electrons. The standard InChI is InChI=1S/C21H24N2O3/c1-16-8-10-18(11-9-16)20-12-19(26-22-20)14-23(21(24)15-25-2)13-17-6-4-3-5-7-17/h3-11,19H,12-15H2,1-2H3/t19-/m1/s1. The number of nitrogens with zero attached hydrogens (tertiary/aromatic N) is 2. The maximum absolute atomic E-state index is 12.4. The number of benzene rings is 2. The zero-order valence-corrected chi connectivity index (χ0v) is 15.2. The van der Waals surface area contributed by atoms with E-state index >= 15 is 0 Å². The van der Waals surface area contributed by atoms with E-state index in [-0.39, 0.29) is 18.6 Å². The fourth-order valence-electron chi connectivity index (χ4n) is 2.96. The summed E-state index contributed by atoms with van der Waals surface area (Å²) in [4.78, 5) is 19.8. The average Bonchev–Trinajstić information content (AvgIpc) is 3.11. The lowest BCUT2D eigenvalue weighted by Crippen LogP contribution is -2.39. The van der Waals surface area contributed by atoms with Gasteiger partial charge in [0.15, 0.2) is 6.10 Å². The van der Waals surface area contributed by atoms with Crippen LogP contribution in [-0.4, -0.2) is 42.9 Å². The fourth-order valence-corrected chi connectivity index (χ4v) is 2.96. The predicted octanol–water partition coefficient (Wildman–Crippen LogP) is 3.16. The number of carbonyl (C=O) groups is 1. The van der Waals surface area contributed by atoms with Crippen molar-refractivity contribution in [2.24, 2.45) is 5.16 Å². The molecule has 0 N–H and O–H groups in total. The predicted molar refractivity (Wildman–Crippen MR) is 101 cm³/mol. The number of hydrogen-bond acceptors (Lipinski definition) is 4. The zero-order chi connectivity index (χ0) is 18.4. The summed E-state index contributed by atoms with van der Waals surface area (Å²) in [6, 6.07) is 18.2. The SMILES string of the molecule is COCC(=O)N(Cc1ccccc1)C[C@H]1CC(c2ccc(C)cc2)=NO1. The molecule has 1 amide bonds. The van der Waals surface area contributed by atoms with Crippen molar-refractivity contribution in [3.63, 3.8) is 0 Å². The minimum absolute atomic E-state index is 0.0521. The summed E-state index contributed by atoms with van der Waals surface area (Å²) in [6.07, 6.45) is 0.546. The van der Waals surface area contributed by atoms with Crippen LogP contribution in [0.2, 0.25) is 0 Å². The van der Waals surface area contributed by atoms with Crippen molar-refractivity contribution in [3.8, 4) is 0 Å². The average molecular weight is 352 g/mol. The number of hydrogen-bond donors (Lipinski definition) is 0. The summed E-state index contributed by atoms with van der Waals surface area (Å²) < 4.78 is 5.03. The first-order chi connectivity index (χ1) is 12.7. The van der Waals surface area contributed by atoms with Crippen LogP contribution in [0.15, 0.2) is 59.8 Å². The van der Waals surface area contributed by atoms with E-state index in [1.165, 1.54) is 12.7 Å². The maximum atomic E-state index is 12.4. The van der Waals surface area contributed by atoms with Gasteiger partial charge in [0.2, 0.25) is 5.91 Å². The molecule has 0 bridgehead atoms.